The van der Waals surface area contributed by atoms with Crippen LogP contribution >= 0.6 is 0 Å². The Hall–Kier alpha value is -4.48. The number of carbonyl (C=O) groups excluding carboxylic acids is 1. The number of ketones is 1. The van der Waals surface area contributed by atoms with E-state index in [4.69, 9.17) is 5.73 Å². The van der Waals surface area contributed by atoms with Gasteiger partial charge >= 0.3 is 0 Å². The van der Waals surface area contributed by atoms with Crippen LogP contribution in [0.3, 0.4) is 0 Å². The van der Waals surface area contributed by atoms with Gasteiger partial charge in [-0.1, -0.05) is 18.7 Å². The Balaban J connectivity index is 1.53. The van der Waals surface area contributed by atoms with Gasteiger partial charge in [0.25, 0.3) is 12.3 Å². The summed E-state index contributed by atoms with van der Waals surface area (Å²) >= 11 is 0. The Morgan fingerprint density at radius 1 is 1.05 bits per heavy atom. The molecule has 224 valence electrons. The first-order valence-electron chi connectivity index (χ1n) is 13.3. The van der Waals surface area contributed by atoms with Crippen molar-refractivity contribution in [3.8, 4) is 11.1 Å². The van der Waals surface area contributed by atoms with Crippen molar-refractivity contribution in [3.63, 3.8) is 0 Å². The molecule has 0 unspecified atom stereocenters. The molecule has 0 fully saturated rings. The highest BCUT2D eigenvalue weighted by Crippen LogP contribution is 2.46. The normalized spacial score (nSPS) is 14.6. The summed E-state index contributed by atoms with van der Waals surface area (Å²) in [6.45, 7) is 3.01. The highest BCUT2D eigenvalue weighted by atomic mass is 19.3. The topological polar surface area (TPSA) is 73.8 Å². The highest BCUT2D eigenvalue weighted by molar-refractivity contribution is 5.80. The fourth-order valence-electron chi connectivity index (χ4n) is 5.56. The van der Waals surface area contributed by atoms with Gasteiger partial charge in [-0.3, -0.25) is 14.5 Å². The van der Waals surface area contributed by atoms with E-state index in [0.717, 1.165) is 16.8 Å². The lowest BCUT2D eigenvalue weighted by atomic mass is 9.86. The van der Waals surface area contributed by atoms with Crippen LogP contribution in [0.2, 0.25) is 0 Å². The number of hydrogen-bond acceptors (Lipinski definition) is 4. The Kier molecular flexibility index (Phi) is 8.13. The molecule has 1 aliphatic rings. The molecule has 0 radical (unpaired) electrons. The minimum Gasteiger partial charge on any atom is -0.399 e. The largest absolute Gasteiger partial charge is 0.399 e. The molecule has 1 aliphatic carbocycles. The van der Waals surface area contributed by atoms with E-state index in [1.54, 1.807) is 12.1 Å². The molecule has 5 rings (SSSR count). The number of aromatic nitrogens is 3. The minimum absolute atomic E-state index is 0.0211. The molecule has 0 saturated heterocycles. The van der Waals surface area contributed by atoms with Gasteiger partial charge in [0.1, 0.15) is 23.1 Å². The van der Waals surface area contributed by atoms with Gasteiger partial charge in [0, 0.05) is 53.5 Å². The summed E-state index contributed by atoms with van der Waals surface area (Å²) in [7, 11) is 0. The van der Waals surface area contributed by atoms with Crippen LogP contribution < -0.4 is 5.73 Å². The van der Waals surface area contributed by atoms with Crippen LogP contribution in [0.5, 0.6) is 0 Å². The molecule has 2 aromatic heterocycles. The summed E-state index contributed by atoms with van der Waals surface area (Å²) in [5, 5.41) is 3.65. The van der Waals surface area contributed by atoms with Crippen LogP contribution in [0.15, 0.2) is 61.3 Å². The molecule has 43 heavy (non-hydrogen) atoms. The summed E-state index contributed by atoms with van der Waals surface area (Å²) in [5.41, 5.74) is 5.21. The molecule has 0 bridgehead atoms. The second-order valence-electron chi connectivity index (χ2n) is 10.4. The molecule has 2 heterocycles. The summed E-state index contributed by atoms with van der Waals surface area (Å²) in [5.74, 6) is -7.15. The van der Waals surface area contributed by atoms with E-state index in [-0.39, 0.29) is 41.8 Å². The summed E-state index contributed by atoms with van der Waals surface area (Å²) < 4.78 is 99.3. The number of rotatable bonds is 10. The van der Waals surface area contributed by atoms with Gasteiger partial charge in [-0.2, -0.15) is 5.10 Å². The van der Waals surface area contributed by atoms with Gasteiger partial charge < -0.3 is 5.73 Å². The maximum Gasteiger partial charge on any atom is 0.282 e. The maximum atomic E-state index is 14.4. The quantitative estimate of drug-likeness (QED) is 0.194. The first-order valence-corrected chi connectivity index (χ1v) is 13.3. The average Bonchev–Trinajstić information content (AvgIpc) is 3.45. The predicted molar refractivity (Wildman–Crippen MR) is 145 cm³/mol. The fourth-order valence-corrected chi connectivity index (χ4v) is 5.56. The summed E-state index contributed by atoms with van der Waals surface area (Å²) in [6, 6.07) is 10.3. The average molecular weight is 603 g/mol. The number of hydrogen-bond donors (Lipinski definition) is 1. The molecule has 2 aromatic carbocycles. The number of halogens is 7. The second kappa shape index (κ2) is 11.7. The molecule has 0 saturated carbocycles. The summed E-state index contributed by atoms with van der Waals surface area (Å²) in [4.78, 5) is 17.9. The monoisotopic (exact) mass is 602 g/mol. The number of carbonyl (C=O) groups is 1. The van der Waals surface area contributed by atoms with Crippen molar-refractivity contribution < 1.29 is 35.5 Å². The summed E-state index contributed by atoms with van der Waals surface area (Å²) in [6.07, 6.45) is -3.09. The molecule has 5 nitrogen and oxygen atoms in total. The molecular weight excluding hydrogens is 577 g/mol. The van der Waals surface area contributed by atoms with Crippen molar-refractivity contribution in [2.24, 2.45) is 5.73 Å². The van der Waals surface area contributed by atoms with Crippen LogP contribution in [0.4, 0.5) is 30.7 Å². The lowest BCUT2D eigenvalue weighted by molar-refractivity contribution is -0.120. The minimum atomic E-state index is -3.49. The van der Waals surface area contributed by atoms with E-state index in [1.165, 1.54) is 24.4 Å². The van der Waals surface area contributed by atoms with E-state index in [0.29, 0.717) is 22.9 Å². The second-order valence-corrected chi connectivity index (χ2v) is 10.4. The van der Waals surface area contributed by atoms with E-state index in [1.807, 2.05) is 0 Å². The van der Waals surface area contributed by atoms with E-state index in [2.05, 4.69) is 16.7 Å². The van der Waals surface area contributed by atoms with Crippen LogP contribution in [0, 0.1) is 17.5 Å². The zero-order valence-corrected chi connectivity index (χ0v) is 22.6. The lowest BCUT2D eigenvalue weighted by Crippen LogP contribution is -2.19. The van der Waals surface area contributed by atoms with Crippen molar-refractivity contribution in [1.29, 1.82) is 0 Å². The standard InChI is InChI=1S/C31H25F7N4O/c1-16(39)24-13-18(4-5-25(24)34)23-3-2-8-40-28(23)19(9-17-10-20(32)14-21(33)11-17)12-22(43)15-42-26-6-7-31(37,38)27(26)29(41-42)30(35)36/h2-5,8,10-11,13-14,19,30H,1,6-7,9,12,15,39H2/t19-/m1/s1. The van der Waals surface area contributed by atoms with Crippen molar-refractivity contribution >= 4 is 11.5 Å². The smallest absolute Gasteiger partial charge is 0.282 e. The molecular formula is C31H25F7N4O. The molecule has 2 N–H and O–H groups in total. The van der Waals surface area contributed by atoms with E-state index in [9.17, 15) is 35.5 Å². The van der Waals surface area contributed by atoms with Crippen LogP contribution in [-0.2, 0) is 30.1 Å². The third-order valence-corrected chi connectivity index (χ3v) is 7.39. The molecule has 4 aromatic rings. The first kappa shape index (κ1) is 30.0. The van der Waals surface area contributed by atoms with Gasteiger partial charge in [0.05, 0.1) is 17.8 Å². The van der Waals surface area contributed by atoms with Crippen molar-refractivity contribution in [1.82, 2.24) is 14.8 Å². The van der Waals surface area contributed by atoms with Crippen molar-refractivity contribution in [2.75, 3.05) is 0 Å². The van der Waals surface area contributed by atoms with E-state index < -0.39 is 65.7 Å². The zero-order chi connectivity index (χ0) is 31.1. The number of nitrogens with two attached hydrogens (primary N) is 1. The number of fused-ring (bicyclic) bond motifs is 1. The number of nitrogens with zero attached hydrogens (tertiary/aromatic N) is 3. The Morgan fingerprint density at radius 2 is 1.77 bits per heavy atom. The molecule has 0 amide bonds. The van der Waals surface area contributed by atoms with Gasteiger partial charge in [0.2, 0.25) is 0 Å². The van der Waals surface area contributed by atoms with Crippen molar-refractivity contribution in [3.05, 3.63) is 113 Å². The highest BCUT2D eigenvalue weighted by Gasteiger charge is 2.46. The zero-order valence-electron chi connectivity index (χ0n) is 22.6. The first-order chi connectivity index (χ1) is 20.3. The van der Waals surface area contributed by atoms with Crippen LogP contribution in [0.1, 0.15) is 59.0 Å². The molecule has 0 spiro atoms. The molecule has 1 atom stereocenters. The number of alkyl halides is 4. The Morgan fingerprint density at radius 3 is 2.44 bits per heavy atom. The molecule has 12 heteroatoms. The number of Topliss-reactive ketones (excluding diaryl/α,β-unsaturated/α-hetero) is 1. The van der Waals surface area contributed by atoms with Crippen LogP contribution in [-0.4, -0.2) is 20.5 Å². The van der Waals surface area contributed by atoms with E-state index >= 15 is 0 Å². The van der Waals surface area contributed by atoms with Gasteiger partial charge in [0.15, 0.2) is 5.78 Å². The Labute approximate surface area is 241 Å². The predicted octanol–water partition coefficient (Wildman–Crippen LogP) is 7.25. The third-order valence-electron chi connectivity index (χ3n) is 7.39. The van der Waals surface area contributed by atoms with Crippen LogP contribution in [0.25, 0.3) is 16.8 Å². The number of pyridine rings is 1. The maximum absolute atomic E-state index is 14.4. The lowest BCUT2D eigenvalue weighted by Gasteiger charge is -2.20. The third kappa shape index (κ3) is 6.18. The molecule has 0 aliphatic heterocycles. The fraction of sp³-hybridized carbons (Fsp3) is 0.258. The van der Waals surface area contributed by atoms with Crippen molar-refractivity contribution in [2.45, 2.75) is 50.5 Å². The van der Waals surface area contributed by atoms with Gasteiger partial charge in [-0.15, -0.1) is 0 Å². The number of benzene rings is 2. The SMILES string of the molecule is C=C(N)c1cc(-c2cccnc2[C@@H](CC(=O)Cn2nc(C(F)F)c3c2CCC3(F)F)Cc2cc(F)cc(F)c2)ccc1F. The Bertz CT molecular complexity index is 1700. The van der Waals surface area contributed by atoms with Gasteiger partial charge in [-0.25, -0.2) is 30.7 Å². The van der Waals surface area contributed by atoms with Gasteiger partial charge in [-0.05, 0) is 54.3 Å².